The number of carbonyl (C=O) groups excluding carboxylic acids is 6. The third-order valence-corrected chi connectivity index (χ3v) is 14.2. The molecule has 7 atom stereocenters. The summed E-state index contributed by atoms with van der Waals surface area (Å²) in [7, 11) is 2.22. The number of cyclic esters (lactones) is 1. The minimum Gasteiger partial charge on any atom is -0.491 e. The van der Waals surface area contributed by atoms with Crippen molar-refractivity contribution >= 4 is 47.2 Å². The molecular weight excluding hydrogens is 1000 g/mol. The van der Waals surface area contributed by atoms with Crippen molar-refractivity contribution < 1.29 is 67.6 Å². The first-order valence-electron chi connectivity index (χ1n) is 24.8. The highest BCUT2D eigenvalue weighted by atomic mass is 16.6. The van der Waals surface area contributed by atoms with Gasteiger partial charge in [-0.25, -0.2) is 9.69 Å². The van der Waals surface area contributed by atoms with Gasteiger partial charge in [-0.15, -0.1) is 0 Å². The van der Waals surface area contributed by atoms with Gasteiger partial charge in [-0.1, -0.05) is 121 Å². The van der Waals surface area contributed by atoms with Crippen LogP contribution < -0.4 is 15.0 Å². The number of nitrogens with zero attached hydrogens (tertiary/aromatic N) is 3. The lowest BCUT2D eigenvalue weighted by Crippen LogP contribution is -2.56. The molecule has 0 aromatic heterocycles. The molecule has 3 aliphatic rings. The average molecular weight is 1060 g/mol. The number of nitrogens with one attached hydrogen (secondary N) is 1. The van der Waals surface area contributed by atoms with Crippen molar-refractivity contribution in [2.24, 2.45) is 11.8 Å². The Morgan fingerprint density at radius 2 is 1.44 bits per heavy atom. The van der Waals surface area contributed by atoms with Gasteiger partial charge in [0.25, 0.3) is 5.69 Å². The van der Waals surface area contributed by atoms with Gasteiger partial charge in [0.15, 0.2) is 5.92 Å². The Hall–Kier alpha value is -9.22. The van der Waals surface area contributed by atoms with Crippen molar-refractivity contribution in [2.75, 3.05) is 38.9 Å². The minimum absolute atomic E-state index is 0.0139. The Morgan fingerprint density at radius 3 is 2.08 bits per heavy atom. The molecule has 0 unspecified atom stereocenters. The molecule has 0 aliphatic carbocycles. The summed E-state index contributed by atoms with van der Waals surface area (Å²) in [5, 5.41) is 36.0. The van der Waals surface area contributed by atoms with Crippen molar-refractivity contribution in [3.8, 4) is 17.6 Å². The van der Waals surface area contributed by atoms with E-state index in [9.17, 15) is 34.7 Å². The van der Waals surface area contributed by atoms with E-state index in [2.05, 4.69) is 17.2 Å². The Morgan fingerprint density at radius 1 is 0.808 bits per heavy atom. The lowest BCUT2D eigenvalue weighted by atomic mass is 9.65. The van der Waals surface area contributed by atoms with Gasteiger partial charge in [0, 0.05) is 36.2 Å². The first kappa shape index (κ1) is 53.6. The maximum absolute atomic E-state index is 16.7. The molecule has 3 aliphatic heterocycles. The number of aliphatic hydroxyl groups is 2. The van der Waals surface area contributed by atoms with Crippen molar-refractivity contribution in [3.63, 3.8) is 0 Å². The van der Waals surface area contributed by atoms with E-state index in [1.165, 1.54) is 42.5 Å². The zero-order valence-corrected chi connectivity index (χ0v) is 42.1. The zero-order chi connectivity index (χ0) is 55.1. The van der Waals surface area contributed by atoms with Gasteiger partial charge in [0.2, 0.25) is 11.8 Å². The largest absolute Gasteiger partial charge is 0.491 e. The molecule has 9 rings (SSSR count). The molecule has 3 amide bonds. The predicted molar refractivity (Wildman–Crippen MR) is 278 cm³/mol. The number of methoxy groups -OCH3 is 2. The van der Waals surface area contributed by atoms with Crippen LogP contribution in [-0.4, -0.2) is 95.9 Å². The standard InChI is InChI=1S/C59H52N4O15/c1-74-54(67)43(55(68)75-2)23-14-15-36-27-30-45-44(33-36)59(57(70)61(45)58(71)77-35-37-25-28-41(29-26-37)63(72)73)48(53(66)60-34-46(65)38-16-6-3-7-17-38)50-56(69)78-51(40-20-10-5-11-21-40)49(39-18-8-4-9-19-39)62(50)52(59)42-22-12-13-24-47(42)76-32-31-64/h3-13,16-22,24-30,33,43,46,48-52,64-65H,23,31-32,34-35H2,1-2H3,(H,60,66)/t46-,48-,49-,50-,51+,52+,59-/m0/s1. The topological polar surface area (TPSA) is 251 Å². The molecular formula is C59H52N4O15. The molecule has 2 saturated heterocycles. The monoisotopic (exact) mass is 1060 g/mol. The minimum atomic E-state index is -2.37. The van der Waals surface area contributed by atoms with Crippen molar-refractivity contribution in [1.29, 1.82) is 0 Å². The maximum atomic E-state index is 16.7. The molecule has 19 heteroatoms. The number of para-hydroxylation sites is 1. The van der Waals surface area contributed by atoms with Crippen LogP contribution in [0.5, 0.6) is 5.75 Å². The number of esters is 3. The van der Waals surface area contributed by atoms with Crippen LogP contribution in [0, 0.1) is 33.8 Å². The fourth-order valence-corrected chi connectivity index (χ4v) is 10.8. The molecule has 1 spiro atoms. The number of non-ortho nitro benzene ring substituents is 1. The van der Waals surface area contributed by atoms with E-state index < -0.39 is 108 Å². The first-order valence-corrected chi connectivity index (χ1v) is 24.8. The van der Waals surface area contributed by atoms with E-state index in [-0.39, 0.29) is 46.8 Å². The number of fused-ring (bicyclic) bond motifs is 3. The van der Waals surface area contributed by atoms with Gasteiger partial charge in [0.05, 0.1) is 55.5 Å². The number of morpholine rings is 1. The van der Waals surface area contributed by atoms with Crippen LogP contribution >= 0.6 is 0 Å². The van der Waals surface area contributed by atoms with E-state index in [1.54, 1.807) is 108 Å². The summed E-state index contributed by atoms with van der Waals surface area (Å²) in [6.07, 6.45) is -3.94. The van der Waals surface area contributed by atoms with E-state index in [1.807, 2.05) is 12.1 Å². The van der Waals surface area contributed by atoms with Crippen LogP contribution in [0.3, 0.4) is 0 Å². The molecule has 398 valence electrons. The predicted octanol–water partition coefficient (Wildman–Crippen LogP) is 6.52. The number of hydrogen-bond donors (Lipinski definition) is 3. The number of amides is 3. The number of carbonyl (C=O) groups is 6. The fraction of sp³-hybridized carbons (Fsp3) is 0.254. The highest BCUT2D eigenvalue weighted by Gasteiger charge is 2.76. The van der Waals surface area contributed by atoms with Gasteiger partial charge >= 0.3 is 24.0 Å². The third kappa shape index (κ3) is 10.1. The molecule has 19 nitrogen and oxygen atoms in total. The summed E-state index contributed by atoms with van der Waals surface area (Å²) in [6.45, 7) is -1.51. The average Bonchev–Trinajstić information content (AvgIpc) is 4.02. The fourth-order valence-electron chi connectivity index (χ4n) is 10.8. The van der Waals surface area contributed by atoms with Crippen LogP contribution in [0.25, 0.3) is 0 Å². The molecule has 3 heterocycles. The summed E-state index contributed by atoms with van der Waals surface area (Å²) in [6, 6.07) is 38.7. The Balaban J connectivity index is 1.32. The van der Waals surface area contributed by atoms with Gasteiger partial charge in [-0.2, -0.15) is 0 Å². The number of rotatable bonds is 16. The number of anilines is 1. The molecule has 6 aromatic rings. The quantitative estimate of drug-likeness (QED) is 0.0233. The summed E-state index contributed by atoms with van der Waals surface area (Å²) in [5.74, 6) is -1.91. The smallest absolute Gasteiger partial charge is 0.421 e. The number of nitro groups is 1. The number of imide groups is 1. The van der Waals surface area contributed by atoms with E-state index in [0.29, 0.717) is 22.3 Å². The number of aliphatic hydroxyl groups excluding tert-OH is 2. The lowest BCUT2D eigenvalue weighted by molar-refractivity contribution is -0.384. The third-order valence-electron chi connectivity index (χ3n) is 14.2. The SMILES string of the molecule is COC(=O)C(CC#Cc1ccc2c(c1)[C@]1(C(=O)N2C(=O)OCc2ccc([N+](=O)[O-])cc2)[C@H](C(=O)NC[C@H](O)c2ccccc2)[C@H]2C(=O)O[C@H](c3ccccc3)[C@H](c3ccccc3)N2[C@@H]1c1ccccc1OCCO)C(=O)OC. The zero-order valence-electron chi connectivity index (χ0n) is 42.1. The Kier molecular flexibility index (Phi) is 16.0. The maximum Gasteiger partial charge on any atom is 0.421 e. The van der Waals surface area contributed by atoms with Gasteiger partial charge in [-0.3, -0.25) is 39.0 Å². The Bertz CT molecular complexity index is 3280. The normalized spacial score (nSPS) is 20.6. The molecule has 0 radical (unpaired) electrons. The van der Waals surface area contributed by atoms with Crippen molar-refractivity contribution in [3.05, 3.63) is 207 Å². The van der Waals surface area contributed by atoms with Crippen molar-refractivity contribution in [2.45, 2.75) is 48.8 Å². The first-order chi connectivity index (χ1) is 37.8. The molecule has 2 fully saturated rings. The van der Waals surface area contributed by atoms with E-state index in [0.717, 1.165) is 19.1 Å². The van der Waals surface area contributed by atoms with Gasteiger partial charge in [0.1, 0.15) is 36.5 Å². The summed E-state index contributed by atoms with van der Waals surface area (Å²) in [5.41, 5.74) is -0.258. The van der Waals surface area contributed by atoms with Crippen LogP contribution in [0.15, 0.2) is 158 Å². The second kappa shape index (κ2) is 23.3. The van der Waals surface area contributed by atoms with Gasteiger partial charge in [-0.05, 0) is 64.2 Å². The van der Waals surface area contributed by atoms with Crippen LogP contribution in [-0.2, 0) is 54.9 Å². The van der Waals surface area contributed by atoms with E-state index >= 15 is 14.4 Å². The summed E-state index contributed by atoms with van der Waals surface area (Å²) in [4.78, 5) is 102. The van der Waals surface area contributed by atoms with Gasteiger partial charge < -0.3 is 39.2 Å². The molecule has 0 saturated carbocycles. The summed E-state index contributed by atoms with van der Waals surface area (Å²) < 4.78 is 28.4. The molecule has 6 aromatic carbocycles. The van der Waals surface area contributed by atoms with Crippen LogP contribution in [0.1, 0.15) is 69.7 Å². The van der Waals surface area contributed by atoms with Crippen LogP contribution in [0.2, 0.25) is 0 Å². The second-order valence-corrected chi connectivity index (χ2v) is 18.5. The highest BCUT2D eigenvalue weighted by Crippen LogP contribution is 2.66. The number of ether oxygens (including phenoxy) is 5. The molecule has 3 N–H and O–H groups in total. The highest BCUT2D eigenvalue weighted by molar-refractivity contribution is 6.23. The second-order valence-electron chi connectivity index (χ2n) is 18.5. The number of nitro benzene ring substituents is 1. The molecule has 78 heavy (non-hydrogen) atoms. The number of benzene rings is 6. The van der Waals surface area contributed by atoms with E-state index in [4.69, 9.17) is 23.7 Å². The van der Waals surface area contributed by atoms with Crippen LogP contribution in [0.4, 0.5) is 16.2 Å². The van der Waals surface area contributed by atoms with Crippen molar-refractivity contribution in [1.82, 2.24) is 10.2 Å². The summed E-state index contributed by atoms with van der Waals surface area (Å²) >= 11 is 0. The molecule has 0 bridgehead atoms. The number of hydrogen-bond acceptors (Lipinski definition) is 16. The lowest BCUT2D eigenvalue weighted by Gasteiger charge is -2.46. The Labute approximate surface area is 447 Å².